The van der Waals surface area contributed by atoms with Crippen LogP contribution >= 0.6 is 22.6 Å². The summed E-state index contributed by atoms with van der Waals surface area (Å²) in [7, 11) is 0. The van der Waals surface area contributed by atoms with Crippen LogP contribution < -0.4 is 0 Å². The fourth-order valence-corrected chi connectivity index (χ4v) is 1.67. The molecule has 0 aromatic rings. The second kappa shape index (κ2) is 9.62. The molecular weight excluding hydrogens is 291 g/mol. The predicted octanol–water partition coefficient (Wildman–Crippen LogP) is 3.31. The Morgan fingerprint density at radius 2 is 1.43 bits per heavy atom. The molecule has 0 unspecified atom stereocenters. The van der Waals surface area contributed by atoms with E-state index in [0.29, 0.717) is 16.6 Å². The smallest absolute Gasteiger partial charge is 0.142 e. The summed E-state index contributed by atoms with van der Waals surface area (Å²) in [5.74, 6) is 0.638. The zero-order chi connectivity index (χ0) is 10.8. The molecule has 14 heavy (non-hydrogen) atoms. The predicted molar refractivity (Wildman–Crippen MR) is 66.9 cm³/mol. The van der Waals surface area contributed by atoms with E-state index >= 15 is 0 Å². The fraction of sp³-hybridized carbons (Fsp3) is 0.818. The lowest BCUT2D eigenvalue weighted by molar-refractivity contribution is -0.117. The van der Waals surface area contributed by atoms with E-state index in [1.54, 1.807) is 6.92 Å². The van der Waals surface area contributed by atoms with E-state index in [-0.39, 0.29) is 5.78 Å². The number of ketones is 2. The van der Waals surface area contributed by atoms with Gasteiger partial charge in [0.2, 0.25) is 0 Å². The quantitative estimate of drug-likeness (QED) is 0.372. The molecule has 0 aliphatic carbocycles. The van der Waals surface area contributed by atoms with Crippen molar-refractivity contribution in [2.75, 3.05) is 4.43 Å². The standard InChI is InChI=1S/C11H19IO2/c1-10(13)7-5-3-2-4-6-8-11(14)9-12/h2-9H2,1H3. The monoisotopic (exact) mass is 310 g/mol. The molecule has 0 aliphatic rings. The minimum absolute atomic E-state index is 0.282. The summed E-state index contributed by atoms with van der Waals surface area (Å²) in [4.78, 5) is 21.6. The first-order valence-corrected chi connectivity index (χ1v) is 6.76. The van der Waals surface area contributed by atoms with Gasteiger partial charge in [-0.1, -0.05) is 41.9 Å². The number of halogens is 1. The van der Waals surface area contributed by atoms with Gasteiger partial charge in [0, 0.05) is 12.8 Å². The van der Waals surface area contributed by atoms with Gasteiger partial charge in [0.25, 0.3) is 0 Å². The lowest BCUT2D eigenvalue weighted by atomic mass is 10.1. The molecule has 0 aromatic heterocycles. The van der Waals surface area contributed by atoms with Crippen molar-refractivity contribution in [1.82, 2.24) is 0 Å². The first kappa shape index (κ1) is 14.1. The number of rotatable bonds is 9. The molecule has 0 rings (SSSR count). The molecule has 3 heteroatoms. The Bertz CT molecular complexity index is 178. The summed E-state index contributed by atoms with van der Waals surface area (Å²) < 4.78 is 0.641. The molecule has 0 saturated heterocycles. The van der Waals surface area contributed by atoms with Gasteiger partial charge in [-0.25, -0.2) is 0 Å². The fourth-order valence-electron chi connectivity index (χ4n) is 1.29. The number of alkyl halides is 1. The molecule has 0 saturated carbocycles. The Balaban J connectivity index is 3.06. The van der Waals surface area contributed by atoms with Gasteiger partial charge in [-0.05, 0) is 19.8 Å². The van der Waals surface area contributed by atoms with Crippen molar-refractivity contribution < 1.29 is 9.59 Å². The van der Waals surface area contributed by atoms with Crippen LogP contribution in [0.4, 0.5) is 0 Å². The highest BCUT2D eigenvalue weighted by molar-refractivity contribution is 14.1. The van der Waals surface area contributed by atoms with Gasteiger partial charge >= 0.3 is 0 Å². The van der Waals surface area contributed by atoms with Crippen LogP contribution in [0.3, 0.4) is 0 Å². The van der Waals surface area contributed by atoms with Crippen LogP contribution in [0, 0.1) is 0 Å². The third-order valence-electron chi connectivity index (χ3n) is 2.13. The molecule has 0 amide bonds. The third kappa shape index (κ3) is 10.2. The normalized spacial score (nSPS) is 10.1. The molecule has 0 heterocycles. The van der Waals surface area contributed by atoms with E-state index in [0.717, 1.165) is 38.5 Å². The van der Waals surface area contributed by atoms with Gasteiger partial charge < -0.3 is 4.79 Å². The summed E-state index contributed by atoms with van der Waals surface area (Å²) in [5, 5.41) is 0. The van der Waals surface area contributed by atoms with E-state index in [1.807, 2.05) is 0 Å². The van der Waals surface area contributed by atoms with Gasteiger partial charge in [0.1, 0.15) is 11.6 Å². The average molecular weight is 310 g/mol. The van der Waals surface area contributed by atoms with E-state index < -0.39 is 0 Å². The second-order valence-electron chi connectivity index (χ2n) is 3.64. The number of hydrogen-bond donors (Lipinski definition) is 0. The van der Waals surface area contributed by atoms with Crippen molar-refractivity contribution in [2.45, 2.75) is 51.9 Å². The first-order valence-electron chi connectivity index (χ1n) is 5.24. The second-order valence-corrected chi connectivity index (χ2v) is 4.40. The van der Waals surface area contributed by atoms with Crippen LogP contribution in [0.25, 0.3) is 0 Å². The Kier molecular flexibility index (Phi) is 9.67. The zero-order valence-corrected chi connectivity index (χ0v) is 11.0. The number of unbranched alkanes of at least 4 members (excludes halogenated alkanes) is 4. The van der Waals surface area contributed by atoms with Crippen LogP contribution in [-0.2, 0) is 9.59 Å². The first-order chi connectivity index (χ1) is 6.66. The number of hydrogen-bond acceptors (Lipinski definition) is 2. The van der Waals surface area contributed by atoms with E-state index in [9.17, 15) is 9.59 Å². The molecule has 0 bridgehead atoms. The largest absolute Gasteiger partial charge is 0.300 e. The Hall–Kier alpha value is 0.0700. The maximum atomic E-state index is 10.9. The van der Waals surface area contributed by atoms with Crippen LogP contribution in [-0.4, -0.2) is 16.0 Å². The number of carbonyl (C=O) groups excluding carboxylic acids is 2. The maximum Gasteiger partial charge on any atom is 0.142 e. The minimum Gasteiger partial charge on any atom is -0.300 e. The van der Waals surface area contributed by atoms with Crippen molar-refractivity contribution in [3.05, 3.63) is 0 Å². The van der Waals surface area contributed by atoms with Crippen molar-refractivity contribution in [3.8, 4) is 0 Å². The Labute approximate surface area is 100.0 Å². The molecule has 0 fully saturated rings. The number of carbonyl (C=O) groups is 2. The van der Waals surface area contributed by atoms with E-state index in [4.69, 9.17) is 0 Å². The Morgan fingerprint density at radius 3 is 1.93 bits per heavy atom. The zero-order valence-electron chi connectivity index (χ0n) is 8.85. The van der Waals surface area contributed by atoms with Gasteiger partial charge in [0.05, 0.1) is 4.43 Å². The molecular formula is C11H19IO2. The van der Waals surface area contributed by atoms with Crippen LogP contribution in [0.15, 0.2) is 0 Å². The van der Waals surface area contributed by atoms with Crippen molar-refractivity contribution >= 4 is 34.2 Å². The van der Waals surface area contributed by atoms with Crippen molar-refractivity contribution in [3.63, 3.8) is 0 Å². The average Bonchev–Trinajstić information content (AvgIpc) is 2.15. The lowest BCUT2D eigenvalue weighted by Gasteiger charge is -1.99. The molecule has 0 N–H and O–H groups in total. The summed E-state index contributed by atoms with van der Waals surface area (Å²) in [6.45, 7) is 1.64. The SMILES string of the molecule is CC(=O)CCCCCCCC(=O)CI. The van der Waals surface area contributed by atoms with Gasteiger partial charge in [0.15, 0.2) is 0 Å². The summed E-state index contributed by atoms with van der Waals surface area (Å²) in [5.41, 5.74) is 0. The van der Waals surface area contributed by atoms with Crippen LogP contribution in [0.1, 0.15) is 51.9 Å². The summed E-state index contributed by atoms with van der Waals surface area (Å²) >= 11 is 2.11. The molecule has 0 radical (unpaired) electrons. The lowest BCUT2D eigenvalue weighted by Crippen LogP contribution is -1.97. The molecule has 82 valence electrons. The van der Waals surface area contributed by atoms with Crippen molar-refractivity contribution in [2.24, 2.45) is 0 Å². The van der Waals surface area contributed by atoms with Crippen LogP contribution in [0.5, 0.6) is 0 Å². The summed E-state index contributed by atoms with van der Waals surface area (Å²) in [6.07, 6.45) is 6.87. The van der Waals surface area contributed by atoms with Gasteiger partial charge in [-0.15, -0.1) is 0 Å². The highest BCUT2D eigenvalue weighted by Gasteiger charge is 1.98. The molecule has 0 aromatic carbocycles. The highest BCUT2D eigenvalue weighted by atomic mass is 127. The molecule has 0 aliphatic heterocycles. The molecule has 2 nitrogen and oxygen atoms in total. The molecule has 0 atom stereocenters. The number of Topliss-reactive ketones (excluding diaryl/α,β-unsaturated/α-hetero) is 2. The summed E-state index contributed by atoms with van der Waals surface area (Å²) in [6, 6.07) is 0. The van der Waals surface area contributed by atoms with Gasteiger partial charge in [-0.3, -0.25) is 4.79 Å². The maximum absolute atomic E-state index is 10.9. The van der Waals surface area contributed by atoms with Crippen molar-refractivity contribution in [1.29, 1.82) is 0 Å². The topological polar surface area (TPSA) is 34.1 Å². The highest BCUT2D eigenvalue weighted by Crippen LogP contribution is 2.08. The minimum atomic E-state index is 0.282. The third-order valence-corrected chi connectivity index (χ3v) is 2.98. The molecule has 0 spiro atoms. The Morgan fingerprint density at radius 1 is 0.929 bits per heavy atom. The van der Waals surface area contributed by atoms with Crippen LogP contribution in [0.2, 0.25) is 0 Å². The van der Waals surface area contributed by atoms with E-state index in [1.165, 1.54) is 0 Å². The van der Waals surface area contributed by atoms with Gasteiger partial charge in [-0.2, -0.15) is 0 Å². The van der Waals surface area contributed by atoms with E-state index in [2.05, 4.69) is 22.6 Å².